The van der Waals surface area contributed by atoms with Crippen molar-refractivity contribution in [2.24, 2.45) is 0 Å². The molecule has 1 amide bonds. The van der Waals surface area contributed by atoms with Crippen molar-refractivity contribution in [1.82, 2.24) is 10.3 Å². The van der Waals surface area contributed by atoms with Crippen molar-refractivity contribution in [3.63, 3.8) is 0 Å². The first-order valence-electron chi connectivity index (χ1n) is 7.06. The number of thiophene rings is 1. The maximum absolute atomic E-state index is 11.8. The summed E-state index contributed by atoms with van der Waals surface area (Å²) in [6, 6.07) is 6.72. The highest BCUT2D eigenvalue weighted by molar-refractivity contribution is 7.12. The van der Waals surface area contributed by atoms with E-state index in [4.69, 9.17) is 4.74 Å². The van der Waals surface area contributed by atoms with E-state index in [1.807, 2.05) is 17.5 Å². The van der Waals surface area contributed by atoms with Crippen molar-refractivity contribution in [3.8, 4) is 0 Å². The third-order valence-electron chi connectivity index (χ3n) is 3.05. The molecule has 22 heavy (non-hydrogen) atoms. The Balaban J connectivity index is 1.67. The molecule has 1 N–H and O–H groups in total. The summed E-state index contributed by atoms with van der Waals surface area (Å²) in [6.07, 6.45) is 5.04. The average molecular weight is 318 g/mol. The zero-order valence-electron chi connectivity index (χ0n) is 12.3. The number of carbonyl (C=O) groups is 2. The number of aryl methyl sites for hydroxylation is 1. The van der Waals surface area contributed by atoms with Gasteiger partial charge in [0.1, 0.15) is 6.04 Å². The maximum Gasteiger partial charge on any atom is 0.328 e. The second kappa shape index (κ2) is 8.29. The van der Waals surface area contributed by atoms with Crippen LogP contribution in [0, 0.1) is 0 Å². The van der Waals surface area contributed by atoms with E-state index >= 15 is 0 Å². The molecule has 2 aromatic rings. The number of rotatable bonds is 7. The largest absolute Gasteiger partial charge is 0.464 e. The Morgan fingerprint density at radius 3 is 2.77 bits per heavy atom. The third-order valence-corrected chi connectivity index (χ3v) is 3.92. The molecule has 0 aliphatic carbocycles. The van der Waals surface area contributed by atoms with Crippen LogP contribution in [0.1, 0.15) is 28.6 Å². The Hall–Kier alpha value is -2.21. The van der Waals surface area contributed by atoms with Gasteiger partial charge >= 0.3 is 5.97 Å². The van der Waals surface area contributed by atoms with Gasteiger partial charge in [-0.1, -0.05) is 6.07 Å². The second-order valence-electron chi connectivity index (χ2n) is 4.80. The number of nitrogens with one attached hydrogen (secondary N) is 1. The summed E-state index contributed by atoms with van der Waals surface area (Å²) in [4.78, 5) is 28.2. The lowest BCUT2D eigenvalue weighted by Gasteiger charge is -2.12. The van der Waals surface area contributed by atoms with Gasteiger partial charge in [0.15, 0.2) is 0 Å². The Kier molecular flexibility index (Phi) is 6.09. The van der Waals surface area contributed by atoms with E-state index in [0.717, 1.165) is 18.4 Å². The van der Waals surface area contributed by atoms with Crippen molar-refractivity contribution < 1.29 is 14.3 Å². The molecule has 1 atom stereocenters. The van der Waals surface area contributed by atoms with Gasteiger partial charge in [0.05, 0.1) is 11.5 Å². The molecule has 0 fully saturated rings. The SMILES string of the molecule is CC(NC(=O)c1cccs1)C(=O)OCCCc1ccncc1. The van der Waals surface area contributed by atoms with Crippen molar-refractivity contribution >= 4 is 23.2 Å². The van der Waals surface area contributed by atoms with Crippen LogP contribution < -0.4 is 5.32 Å². The highest BCUT2D eigenvalue weighted by atomic mass is 32.1. The summed E-state index contributed by atoms with van der Waals surface area (Å²) >= 11 is 1.33. The smallest absolute Gasteiger partial charge is 0.328 e. The molecule has 0 aromatic carbocycles. The topological polar surface area (TPSA) is 68.3 Å². The molecule has 0 aliphatic heterocycles. The number of nitrogens with zero attached hydrogens (tertiary/aromatic N) is 1. The van der Waals surface area contributed by atoms with Gasteiger partial charge in [0.2, 0.25) is 0 Å². The zero-order chi connectivity index (χ0) is 15.8. The van der Waals surface area contributed by atoms with Gasteiger partial charge in [-0.15, -0.1) is 11.3 Å². The summed E-state index contributed by atoms with van der Waals surface area (Å²) in [5, 5.41) is 4.45. The fourth-order valence-corrected chi connectivity index (χ4v) is 2.48. The Morgan fingerprint density at radius 2 is 2.09 bits per heavy atom. The summed E-state index contributed by atoms with van der Waals surface area (Å²) in [5.74, 6) is -0.670. The molecule has 2 rings (SSSR count). The van der Waals surface area contributed by atoms with E-state index in [2.05, 4.69) is 10.3 Å². The minimum absolute atomic E-state index is 0.253. The van der Waals surface area contributed by atoms with Crippen molar-refractivity contribution in [3.05, 3.63) is 52.5 Å². The highest BCUT2D eigenvalue weighted by Gasteiger charge is 2.18. The van der Waals surface area contributed by atoms with Gasteiger partial charge in [-0.25, -0.2) is 4.79 Å². The molecule has 1 unspecified atom stereocenters. The van der Waals surface area contributed by atoms with Crippen LogP contribution in [0.4, 0.5) is 0 Å². The lowest BCUT2D eigenvalue weighted by atomic mass is 10.1. The highest BCUT2D eigenvalue weighted by Crippen LogP contribution is 2.08. The molecule has 5 nitrogen and oxygen atoms in total. The molecule has 116 valence electrons. The summed E-state index contributed by atoms with van der Waals surface area (Å²) < 4.78 is 5.18. The third kappa shape index (κ3) is 4.96. The number of hydrogen-bond acceptors (Lipinski definition) is 5. The van der Waals surface area contributed by atoms with Gasteiger partial charge in [-0.05, 0) is 48.9 Å². The van der Waals surface area contributed by atoms with Crippen LogP contribution in [0.2, 0.25) is 0 Å². The van der Waals surface area contributed by atoms with Crippen LogP contribution in [0.5, 0.6) is 0 Å². The summed E-state index contributed by atoms with van der Waals surface area (Å²) in [6.45, 7) is 1.96. The predicted octanol–water partition coefficient (Wildman–Crippen LogP) is 2.44. The first kappa shape index (κ1) is 16.2. The van der Waals surface area contributed by atoms with Gasteiger partial charge in [0, 0.05) is 12.4 Å². The number of ether oxygens (including phenoxy) is 1. The Morgan fingerprint density at radius 1 is 1.32 bits per heavy atom. The van der Waals surface area contributed by atoms with E-state index in [1.54, 1.807) is 31.5 Å². The first-order valence-corrected chi connectivity index (χ1v) is 7.94. The molecular formula is C16H18N2O3S. The number of amides is 1. The predicted molar refractivity (Wildman–Crippen MR) is 84.8 cm³/mol. The Bertz CT molecular complexity index is 599. The number of aromatic nitrogens is 1. The molecule has 0 saturated carbocycles. The van der Waals surface area contributed by atoms with E-state index in [1.165, 1.54) is 11.3 Å². The molecular weight excluding hydrogens is 300 g/mol. The molecule has 6 heteroatoms. The van der Waals surface area contributed by atoms with Crippen LogP contribution in [0.15, 0.2) is 42.0 Å². The van der Waals surface area contributed by atoms with Crippen LogP contribution in [-0.4, -0.2) is 29.5 Å². The van der Waals surface area contributed by atoms with Crippen LogP contribution >= 0.6 is 11.3 Å². The van der Waals surface area contributed by atoms with Gasteiger partial charge in [-0.2, -0.15) is 0 Å². The molecule has 2 heterocycles. The molecule has 0 bridgehead atoms. The number of hydrogen-bond donors (Lipinski definition) is 1. The minimum Gasteiger partial charge on any atom is -0.464 e. The Labute approximate surface area is 133 Å². The first-order chi connectivity index (χ1) is 10.7. The second-order valence-corrected chi connectivity index (χ2v) is 5.75. The summed E-state index contributed by atoms with van der Waals surface area (Å²) in [7, 11) is 0. The molecule has 0 spiro atoms. The lowest BCUT2D eigenvalue weighted by Crippen LogP contribution is -2.39. The normalized spacial score (nSPS) is 11.7. The van der Waals surface area contributed by atoms with Crippen LogP contribution in [0.25, 0.3) is 0 Å². The van der Waals surface area contributed by atoms with E-state index in [0.29, 0.717) is 11.5 Å². The van der Waals surface area contributed by atoms with Gasteiger partial charge in [-0.3, -0.25) is 9.78 Å². The fourth-order valence-electron chi connectivity index (χ4n) is 1.86. The zero-order valence-corrected chi connectivity index (χ0v) is 13.1. The lowest BCUT2D eigenvalue weighted by molar-refractivity contribution is -0.145. The van der Waals surface area contributed by atoms with Gasteiger partial charge < -0.3 is 10.1 Å². The van der Waals surface area contributed by atoms with E-state index in [9.17, 15) is 9.59 Å². The standard InChI is InChI=1S/C16H18N2O3S/c1-12(18-15(19)14-5-3-11-22-14)16(20)21-10-2-4-13-6-8-17-9-7-13/h3,5-9,11-12H,2,4,10H2,1H3,(H,18,19). The number of carbonyl (C=O) groups excluding carboxylic acids is 2. The fraction of sp³-hybridized carbons (Fsp3) is 0.312. The van der Waals surface area contributed by atoms with Crippen molar-refractivity contribution in [1.29, 1.82) is 0 Å². The van der Waals surface area contributed by atoms with Crippen LogP contribution in [0.3, 0.4) is 0 Å². The molecule has 0 radical (unpaired) electrons. The molecule has 0 aliphatic rings. The van der Waals surface area contributed by atoms with Crippen molar-refractivity contribution in [2.75, 3.05) is 6.61 Å². The maximum atomic E-state index is 11.8. The minimum atomic E-state index is -0.657. The summed E-state index contributed by atoms with van der Waals surface area (Å²) in [5.41, 5.74) is 1.16. The average Bonchev–Trinajstić information content (AvgIpc) is 3.07. The van der Waals surface area contributed by atoms with E-state index in [-0.39, 0.29) is 5.91 Å². The number of esters is 1. The van der Waals surface area contributed by atoms with Crippen molar-refractivity contribution in [2.45, 2.75) is 25.8 Å². The van der Waals surface area contributed by atoms with Gasteiger partial charge in [0.25, 0.3) is 5.91 Å². The molecule has 2 aromatic heterocycles. The van der Waals surface area contributed by atoms with Crippen LogP contribution in [-0.2, 0) is 16.0 Å². The van der Waals surface area contributed by atoms with E-state index < -0.39 is 12.0 Å². The number of pyridine rings is 1. The quantitative estimate of drug-likeness (QED) is 0.629. The molecule has 0 saturated heterocycles. The monoisotopic (exact) mass is 318 g/mol.